The first-order valence-corrected chi connectivity index (χ1v) is 10.7. The highest BCUT2D eigenvalue weighted by Gasteiger charge is 2.45. The Kier molecular flexibility index (Phi) is 11.8. The van der Waals surface area contributed by atoms with Crippen molar-refractivity contribution in [3.63, 3.8) is 0 Å². The SMILES string of the molecule is CCCCCCCCCCCCCCCC(=O)[C@]1(O)CN[C@H](C(=O)O)C1. The van der Waals surface area contributed by atoms with Crippen molar-refractivity contribution in [2.45, 2.75) is 115 Å². The van der Waals surface area contributed by atoms with Gasteiger partial charge in [0.1, 0.15) is 11.6 Å². The highest BCUT2D eigenvalue weighted by atomic mass is 16.4. The van der Waals surface area contributed by atoms with Gasteiger partial charge in [-0.05, 0) is 6.42 Å². The number of β-amino-alcohol motifs (C(OH)–C–C–N with tert-alkyl or cyclic N) is 1. The summed E-state index contributed by atoms with van der Waals surface area (Å²) in [5.74, 6) is -1.22. The molecule has 1 aliphatic rings. The summed E-state index contributed by atoms with van der Waals surface area (Å²) in [6.07, 6.45) is 16.6. The van der Waals surface area contributed by atoms with E-state index in [4.69, 9.17) is 5.11 Å². The molecule has 1 heterocycles. The van der Waals surface area contributed by atoms with Crippen LogP contribution >= 0.6 is 0 Å². The van der Waals surface area contributed by atoms with Gasteiger partial charge in [0, 0.05) is 19.4 Å². The highest BCUT2D eigenvalue weighted by molar-refractivity contribution is 5.89. The minimum absolute atomic E-state index is 0.0143. The summed E-state index contributed by atoms with van der Waals surface area (Å²) in [7, 11) is 0. The maximum Gasteiger partial charge on any atom is 0.320 e. The third-order valence-electron chi connectivity index (χ3n) is 5.51. The average Bonchev–Trinajstić information content (AvgIpc) is 3.03. The first-order valence-electron chi connectivity index (χ1n) is 10.7. The van der Waals surface area contributed by atoms with E-state index in [0.717, 1.165) is 19.3 Å². The number of unbranched alkanes of at least 4 members (excludes halogenated alkanes) is 12. The molecule has 1 aliphatic heterocycles. The molecular formula is C21H39NO4. The first kappa shape index (κ1) is 23.1. The lowest BCUT2D eigenvalue weighted by Crippen LogP contribution is -2.40. The lowest BCUT2D eigenvalue weighted by Gasteiger charge is -2.19. The summed E-state index contributed by atoms with van der Waals surface area (Å²) >= 11 is 0. The van der Waals surface area contributed by atoms with Crippen LogP contribution in [0.25, 0.3) is 0 Å². The zero-order chi connectivity index (χ0) is 19.3. The summed E-state index contributed by atoms with van der Waals surface area (Å²) in [6, 6.07) is -0.810. The highest BCUT2D eigenvalue weighted by Crippen LogP contribution is 2.23. The molecular weight excluding hydrogens is 330 g/mol. The van der Waals surface area contributed by atoms with Gasteiger partial charge in [0.05, 0.1) is 0 Å². The standard InChI is InChI=1S/C21H39NO4/c1-2-3-4-5-6-7-8-9-10-11-12-13-14-15-19(23)21(26)16-18(20(24)25)22-17-21/h18,22,26H,2-17H2,1H3,(H,24,25)/t18-,21+/m0/s1. The van der Waals surface area contributed by atoms with E-state index in [9.17, 15) is 14.7 Å². The lowest BCUT2D eigenvalue weighted by molar-refractivity contribution is -0.140. The van der Waals surface area contributed by atoms with Gasteiger partial charge in [-0.1, -0.05) is 84.0 Å². The number of aliphatic carboxylic acids is 1. The third kappa shape index (κ3) is 9.13. The smallest absolute Gasteiger partial charge is 0.320 e. The topological polar surface area (TPSA) is 86.6 Å². The Balaban J connectivity index is 1.93. The number of nitrogens with one attached hydrogen (secondary N) is 1. The van der Waals surface area contributed by atoms with Crippen LogP contribution in [0.1, 0.15) is 103 Å². The van der Waals surface area contributed by atoms with Crippen LogP contribution in [0.2, 0.25) is 0 Å². The van der Waals surface area contributed by atoms with E-state index in [2.05, 4.69) is 12.2 Å². The van der Waals surface area contributed by atoms with Gasteiger partial charge in [0.15, 0.2) is 5.78 Å². The minimum atomic E-state index is -1.49. The second kappa shape index (κ2) is 13.3. The Morgan fingerprint density at radius 3 is 1.77 bits per heavy atom. The number of ketones is 1. The Morgan fingerprint density at radius 2 is 1.35 bits per heavy atom. The predicted octanol–water partition coefficient (Wildman–Crippen LogP) is 4.21. The van der Waals surface area contributed by atoms with Gasteiger partial charge >= 0.3 is 5.97 Å². The van der Waals surface area contributed by atoms with Crippen molar-refractivity contribution in [3.05, 3.63) is 0 Å². The fourth-order valence-electron chi connectivity index (χ4n) is 3.70. The van der Waals surface area contributed by atoms with E-state index >= 15 is 0 Å². The van der Waals surface area contributed by atoms with Crippen LogP contribution in [0.5, 0.6) is 0 Å². The van der Waals surface area contributed by atoms with E-state index in [1.807, 2.05) is 0 Å². The van der Waals surface area contributed by atoms with Gasteiger partial charge in [-0.15, -0.1) is 0 Å². The maximum absolute atomic E-state index is 12.2. The molecule has 0 amide bonds. The van der Waals surface area contributed by atoms with Crippen molar-refractivity contribution in [1.29, 1.82) is 0 Å². The van der Waals surface area contributed by atoms with Crippen LogP contribution in [0.4, 0.5) is 0 Å². The predicted molar refractivity (Wildman–Crippen MR) is 104 cm³/mol. The zero-order valence-electron chi connectivity index (χ0n) is 16.6. The van der Waals surface area contributed by atoms with E-state index in [1.54, 1.807) is 0 Å². The number of hydrogen-bond donors (Lipinski definition) is 3. The second-order valence-corrected chi connectivity index (χ2v) is 7.92. The normalized spacial score (nSPS) is 22.6. The summed E-state index contributed by atoms with van der Waals surface area (Å²) in [4.78, 5) is 23.1. The van der Waals surface area contributed by atoms with Crippen LogP contribution in [-0.4, -0.2) is 40.2 Å². The number of carbonyl (C=O) groups is 2. The lowest BCUT2D eigenvalue weighted by atomic mass is 9.91. The Bertz CT molecular complexity index is 413. The molecule has 26 heavy (non-hydrogen) atoms. The molecule has 3 N–H and O–H groups in total. The number of hydrogen-bond acceptors (Lipinski definition) is 4. The average molecular weight is 370 g/mol. The molecule has 0 aromatic rings. The van der Waals surface area contributed by atoms with Gasteiger partial charge in [0.25, 0.3) is 0 Å². The van der Waals surface area contributed by atoms with Crippen molar-refractivity contribution in [1.82, 2.24) is 5.32 Å². The molecule has 5 nitrogen and oxygen atoms in total. The van der Waals surface area contributed by atoms with E-state index < -0.39 is 17.6 Å². The Morgan fingerprint density at radius 1 is 0.885 bits per heavy atom. The fraction of sp³-hybridized carbons (Fsp3) is 0.905. The number of aliphatic hydroxyl groups is 1. The second-order valence-electron chi connectivity index (χ2n) is 7.92. The monoisotopic (exact) mass is 369 g/mol. The molecule has 1 fully saturated rings. The Hall–Kier alpha value is -0.940. The number of Topliss-reactive ketones (excluding diaryl/α,β-unsaturated/α-hetero) is 1. The number of carbonyl (C=O) groups excluding carboxylic acids is 1. The van der Waals surface area contributed by atoms with Crippen molar-refractivity contribution >= 4 is 11.8 Å². The Labute approximate surface area is 158 Å². The van der Waals surface area contributed by atoms with E-state index in [0.29, 0.717) is 6.42 Å². The van der Waals surface area contributed by atoms with Crippen molar-refractivity contribution in [2.75, 3.05) is 6.54 Å². The van der Waals surface area contributed by atoms with Crippen molar-refractivity contribution in [3.8, 4) is 0 Å². The number of carboxylic acid groups (broad SMARTS) is 1. The molecule has 1 rings (SSSR count). The van der Waals surface area contributed by atoms with Gasteiger partial charge < -0.3 is 15.5 Å². The maximum atomic E-state index is 12.2. The van der Waals surface area contributed by atoms with Crippen molar-refractivity contribution < 1.29 is 19.8 Å². The largest absolute Gasteiger partial charge is 0.480 e. The first-order chi connectivity index (χ1) is 12.5. The quantitative estimate of drug-likeness (QED) is 0.355. The molecule has 0 radical (unpaired) electrons. The van der Waals surface area contributed by atoms with Crippen LogP contribution < -0.4 is 5.32 Å². The molecule has 1 saturated heterocycles. The third-order valence-corrected chi connectivity index (χ3v) is 5.51. The molecule has 2 atom stereocenters. The zero-order valence-corrected chi connectivity index (χ0v) is 16.6. The van der Waals surface area contributed by atoms with Gasteiger partial charge in [0.2, 0.25) is 0 Å². The molecule has 0 aromatic carbocycles. The molecule has 0 aliphatic carbocycles. The van der Waals surface area contributed by atoms with Crippen LogP contribution in [0.15, 0.2) is 0 Å². The molecule has 0 saturated carbocycles. The van der Waals surface area contributed by atoms with Gasteiger partial charge in [-0.25, -0.2) is 0 Å². The summed E-state index contributed by atoms with van der Waals surface area (Å²) in [6.45, 7) is 2.31. The molecule has 5 heteroatoms. The molecule has 0 unspecified atom stereocenters. The van der Waals surface area contributed by atoms with Crippen LogP contribution in [-0.2, 0) is 9.59 Å². The molecule has 152 valence electrons. The summed E-state index contributed by atoms with van der Waals surface area (Å²) in [5.41, 5.74) is -1.49. The fourth-order valence-corrected chi connectivity index (χ4v) is 3.70. The molecule has 0 spiro atoms. The summed E-state index contributed by atoms with van der Waals surface area (Å²) < 4.78 is 0. The van der Waals surface area contributed by atoms with Gasteiger partial charge in [-0.3, -0.25) is 9.59 Å². The van der Waals surface area contributed by atoms with Crippen molar-refractivity contribution in [2.24, 2.45) is 0 Å². The molecule has 0 aromatic heterocycles. The number of carboxylic acids is 1. The van der Waals surface area contributed by atoms with E-state index in [-0.39, 0.29) is 18.7 Å². The summed E-state index contributed by atoms with van der Waals surface area (Å²) in [5, 5.41) is 21.9. The van der Waals surface area contributed by atoms with Crippen LogP contribution in [0, 0.1) is 0 Å². The van der Waals surface area contributed by atoms with E-state index in [1.165, 1.54) is 64.2 Å². The van der Waals surface area contributed by atoms with Crippen LogP contribution in [0.3, 0.4) is 0 Å². The minimum Gasteiger partial charge on any atom is -0.480 e. The number of rotatable bonds is 16. The van der Waals surface area contributed by atoms with Gasteiger partial charge in [-0.2, -0.15) is 0 Å². The molecule has 0 bridgehead atoms.